The van der Waals surface area contributed by atoms with Crippen molar-refractivity contribution in [2.24, 2.45) is 15.7 Å². The molecule has 2 aromatic rings. The first-order valence-electron chi connectivity index (χ1n) is 12.3. The Morgan fingerprint density at radius 1 is 1.05 bits per heavy atom. The summed E-state index contributed by atoms with van der Waals surface area (Å²) in [6.07, 6.45) is 0.826. The van der Waals surface area contributed by atoms with E-state index in [1.807, 2.05) is 20.1 Å². The molecule has 0 aliphatic carbocycles. The van der Waals surface area contributed by atoms with Gasteiger partial charge in [-0.1, -0.05) is 56.8 Å². The van der Waals surface area contributed by atoms with Gasteiger partial charge in [0.05, 0.1) is 6.34 Å². The number of nitrogens with one attached hydrogen (secondary N) is 1. The van der Waals surface area contributed by atoms with Gasteiger partial charge in [0.15, 0.2) is 0 Å². The second-order valence-electron chi connectivity index (χ2n) is 7.99. The predicted molar refractivity (Wildman–Crippen MR) is 151 cm³/mol. The molecule has 0 heterocycles. The molecular weight excluding hydrogens is 518 g/mol. The van der Waals surface area contributed by atoms with Crippen LogP contribution in [-0.4, -0.2) is 39.4 Å². The number of aryl methyl sites for hydroxylation is 2. The van der Waals surface area contributed by atoms with E-state index in [1.54, 1.807) is 26.2 Å². The molecule has 0 aromatic heterocycles. The van der Waals surface area contributed by atoms with E-state index in [0.717, 1.165) is 37.7 Å². The Balaban J connectivity index is 0.00000124. The summed E-state index contributed by atoms with van der Waals surface area (Å²) in [4.78, 5) is 7.54. The predicted octanol–water partition coefficient (Wildman–Crippen LogP) is 7.96. The zero-order chi connectivity index (χ0) is 30.2. The minimum absolute atomic E-state index is 0.0439. The van der Waals surface area contributed by atoms with Gasteiger partial charge in [0, 0.05) is 37.4 Å². The topological polar surface area (TPSA) is 62.8 Å². The quantitative estimate of drug-likeness (QED) is 0.108. The van der Waals surface area contributed by atoms with Crippen LogP contribution in [0.5, 0.6) is 0 Å². The summed E-state index contributed by atoms with van der Waals surface area (Å²) in [6, 6.07) is 3.81. The Morgan fingerprint density at radius 2 is 1.69 bits per heavy atom. The fraction of sp³-hybridized carbons (Fsp3) is 0.379. The molecule has 2 aromatic carbocycles. The summed E-state index contributed by atoms with van der Waals surface area (Å²) in [6.45, 7) is 11.6. The molecule has 0 radical (unpaired) electrons. The van der Waals surface area contributed by atoms with E-state index >= 15 is 0 Å². The third-order valence-electron chi connectivity index (χ3n) is 5.43. The molecule has 1 atom stereocenters. The van der Waals surface area contributed by atoms with E-state index in [0.29, 0.717) is 11.6 Å². The van der Waals surface area contributed by atoms with Crippen molar-refractivity contribution in [3.05, 3.63) is 82.4 Å². The van der Waals surface area contributed by atoms with Crippen molar-refractivity contribution in [1.29, 1.82) is 0 Å². The van der Waals surface area contributed by atoms with Crippen molar-refractivity contribution in [3.63, 3.8) is 0 Å². The lowest BCUT2D eigenvalue weighted by Gasteiger charge is -2.20. The van der Waals surface area contributed by atoms with Crippen molar-refractivity contribution in [1.82, 2.24) is 5.32 Å². The van der Waals surface area contributed by atoms with Gasteiger partial charge in [-0.2, -0.15) is 22.0 Å². The van der Waals surface area contributed by atoms with E-state index in [9.17, 15) is 26.3 Å². The molecule has 10 heteroatoms. The van der Waals surface area contributed by atoms with Crippen molar-refractivity contribution < 1.29 is 26.3 Å². The number of hydrogen-bond acceptors (Lipinski definition) is 3. The number of allylic oxidation sites excluding steroid dienone is 1. The van der Waals surface area contributed by atoms with Crippen LogP contribution in [0.15, 0.2) is 59.0 Å². The number of aliphatic imine (C=N–C) groups is 2. The van der Waals surface area contributed by atoms with Crippen molar-refractivity contribution >= 4 is 24.5 Å². The van der Waals surface area contributed by atoms with Crippen LogP contribution in [-0.2, 0) is 6.05 Å². The highest BCUT2D eigenvalue weighted by Gasteiger charge is 2.40. The highest BCUT2D eigenvalue weighted by Crippen LogP contribution is 2.39. The molecule has 216 valence electrons. The SMILES string of the molecule is C=Cc1ccc(/C(F)=C/C(c2ccc(C)c(C)c2)C(F)(F)F)cc1C(F)(F)NC.CC.CN=CCCN=CN. The average Bonchev–Trinajstić information content (AvgIpc) is 2.91. The average molecular weight is 557 g/mol. The molecule has 4 nitrogen and oxygen atoms in total. The molecule has 2 rings (SSSR count). The number of nitrogens with zero attached hydrogens (tertiary/aromatic N) is 2. The molecule has 39 heavy (non-hydrogen) atoms. The number of hydrogen-bond donors (Lipinski definition) is 2. The van der Waals surface area contributed by atoms with Crippen molar-refractivity contribution in [3.8, 4) is 0 Å². The van der Waals surface area contributed by atoms with Gasteiger partial charge in [0.1, 0.15) is 11.7 Å². The summed E-state index contributed by atoms with van der Waals surface area (Å²) < 4.78 is 83.8. The Morgan fingerprint density at radius 3 is 2.18 bits per heavy atom. The van der Waals surface area contributed by atoms with Gasteiger partial charge in [-0.05, 0) is 55.3 Å². The van der Waals surface area contributed by atoms with Gasteiger partial charge >= 0.3 is 12.2 Å². The standard InChI is InChI=1S/C22H21F6N.C5H11N3.C2H6/c1-5-15-8-9-17(11-19(15)22(27,28)29-4)20(23)12-18(21(24,25)26)16-7-6-13(2)14(3)10-16;1-7-3-2-4-8-5-6;1-2/h5-12,18,29H,1H2,2-4H3;3,5H,2,4H2,1H3,(H2,6,8);1-2H3/b20-12-;;. The van der Waals surface area contributed by atoms with Crippen molar-refractivity contribution in [2.45, 2.75) is 52.3 Å². The van der Waals surface area contributed by atoms with Gasteiger partial charge in [0.2, 0.25) is 0 Å². The van der Waals surface area contributed by atoms with E-state index in [4.69, 9.17) is 5.73 Å². The smallest absolute Gasteiger partial charge is 0.390 e. The lowest BCUT2D eigenvalue weighted by Crippen LogP contribution is -2.31. The zero-order valence-corrected chi connectivity index (χ0v) is 23.2. The summed E-state index contributed by atoms with van der Waals surface area (Å²) in [5.74, 6) is -3.46. The first-order chi connectivity index (χ1) is 18.3. The van der Waals surface area contributed by atoms with Gasteiger partial charge < -0.3 is 10.7 Å². The Bertz CT molecular complexity index is 1110. The molecular formula is C29H38F6N4. The van der Waals surface area contributed by atoms with E-state index in [1.165, 1.54) is 36.7 Å². The molecule has 0 aliphatic rings. The fourth-order valence-corrected chi connectivity index (χ4v) is 3.21. The molecule has 0 amide bonds. The summed E-state index contributed by atoms with van der Waals surface area (Å²) in [5.41, 5.74) is 5.38. The molecule has 0 bridgehead atoms. The van der Waals surface area contributed by atoms with Crippen molar-refractivity contribution in [2.75, 3.05) is 20.6 Å². The van der Waals surface area contributed by atoms with Crippen LogP contribution in [0, 0.1) is 13.8 Å². The van der Waals surface area contributed by atoms with Crippen LogP contribution < -0.4 is 11.1 Å². The number of benzene rings is 2. The van der Waals surface area contributed by atoms with Crippen LogP contribution in [0.2, 0.25) is 0 Å². The first kappa shape index (κ1) is 35.6. The highest BCUT2D eigenvalue weighted by molar-refractivity contribution is 5.65. The fourth-order valence-electron chi connectivity index (χ4n) is 3.21. The Hall–Kier alpha value is -3.40. The molecule has 0 fully saturated rings. The van der Waals surface area contributed by atoms with Gasteiger partial charge in [0.25, 0.3) is 0 Å². The lowest BCUT2D eigenvalue weighted by molar-refractivity contribution is -0.139. The monoisotopic (exact) mass is 556 g/mol. The number of halogens is 6. The van der Waals surface area contributed by atoms with E-state index < -0.39 is 29.5 Å². The zero-order valence-electron chi connectivity index (χ0n) is 23.2. The number of nitrogens with two attached hydrogens (primary N) is 1. The normalized spacial score (nSPS) is 13.0. The summed E-state index contributed by atoms with van der Waals surface area (Å²) in [7, 11) is 2.76. The molecule has 3 N–H and O–H groups in total. The molecule has 0 aliphatic heterocycles. The van der Waals surface area contributed by atoms with E-state index in [-0.39, 0.29) is 16.7 Å². The van der Waals surface area contributed by atoms with Gasteiger partial charge in [-0.3, -0.25) is 10.3 Å². The Kier molecular flexibility index (Phi) is 15.7. The molecule has 0 saturated heterocycles. The maximum atomic E-state index is 14.8. The van der Waals surface area contributed by atoms with Gasteiger partial charge in [-0.15, -0.1) is 0 Å². The maximum absolute atomic E-state index is 14.8. The minimum atomic E-state index is -4.75. The van der Waals surface area contributed by atoms with Crippen LogP contribution >= 0.6 is 0 Å². The summed E-state index contributed by atoms with van der Waals surface area (Å²) in [5, 5.41) is 1.80. The largest absolute Gasteiger partial charge is 0.399 e. The second kappa shape index (κ2) is 17.2. The van der Waals surface area contributed by atoms with Crippen LogP contribution in [0.4, 0.5) is 26.3 Å². The first-order valence-corrected chi connectivity index (χ1v) is 12.3. The molecule has 0 saturated carbocycles. The second-order valence-corrected chi connectivity index (χ2v) is 7.99. The van der Waals surface area contributed by atoms with E-state index in [2.05, 4.69) is 16.6 Å². The Labute approximate surface area is 227 Å². The number of rotatable bonds is 9. The van der Waals surface area contributed by atoms with Crippen LogP contribution in [0.3, 0.4) is 0 Å². The lowest BCUT2D eigenvalue weighted by atomic mass is 9.93. The maximum Gasteiger partial charge on any atom is 0.399 e. The van der Waals surface area contributed by atoms with Crippen LogP contribution in [0.1, 0.15) is 59.6 Å². The minimum Gasteiger partial charge on any atom is -0.390 e. The molecule has 0 spiro atoms. The third-order valence-corrected chi connectivity index (χ3v) is 5.43. The van der Waals surface area contributed by atoms with Crippen LogP contribution in [0.25, 0.3) is 11.9 Å². The summed E-state index contributed by atoms with van der Waals surface area (Å²) >= 11 is 0. The highest BCUT2D eigenvalue weighted by atomic mass is 19.4. The third kappa shape index (κ3) is 11.5. The molecule has 1 unspecified atom stereocenters. The van der Waals surface area contributed by atoms with Gasteiger partial charge in [-0.25, -0.2) is 4.39 Å². The number of alkyl halides is 5.